The van der Waals surface area contributed by atoms with E-state index in [2.05, 4.69) is 43.5 Å². The van der Waals surface area contributed by atoms with Crippen molar-refractivity contribution in [3.8, 4) is 0 Å². The summed E-state index contributed by atoms with van der Waals surface area (Å²) in [6.07, 6.45) is 7.61. The highest BCUT2D eigenvalue weighted by Gasteiger charge is 2.13. The number of nitrogens with zero attached hydrogens (tertiary/aromatic N) is 2. The number of nitrogens with two attached hydrogens (primary N) is 1. The summed E-state index contributed by atoms with van der Waals surface area (Å²) < 4.78 is 2.38. The number of aryl methyl sites for hydroxylation is 1. The van der Waals surface area contributed by atoms with Crippen LogP contribution in [0.2, 0.25) is 0 Å². The van der Waals surface area contributed by atoms with E-state index in [0.29, 0.717) is 12.6 Å². The molecule has 0 aliphatic carbocycles. The average molecular weight is 287 g/mol. The first-order valence-electron chi connectivity index (χ1n) is 8.37. The molecule has 3 heteroatoms. The molecule has 0 atom stereocenters. The standard InChI is InChI=1S/C18H29N3/c1-4-5-6-7-8-9-18-20-16-12-15(13-19)10-11-17(16)21(18)14(2)3/h10-12,14H,4-9,13,19H2,1-3H3. The van der Waals surface area contributed by atoms with Gasteiger partial charge in [0.25, 0.3) is 0 Å². The van der Waals surface area contributed by atoms with Crippen LogP contribution in [-0.2, 0) is 13.0 Å². The predicted octanol–water partition coefficient (Wildman–Crippen LogP) is 4.59. The van der Waals surface area contributed by atoms with Gasteiger partial charge in [-0.15, -0.1) is 0 Å². The Morgan fingerprint density at radius 1 is 1.14 bits per heavy atom. The summed E-state index contributed by atoms with van der Waals surface area (Å²) in [5.74, 6) is 1.23. The molecule has 1 aromatic heterocycles. The van der Waals surface area contributed by atoms with Crippen molar-refractivity contribution in [1.82, 2.24) is 9.55 Å². The maximum absolute atomic E-state index is 5.74. The normalized spacial score (nSPS) is 11.7. The molecular weight excluding hydrogens is 258 g/mol. The van der Waals surface area contributed by atoms with Crippen molar-refractivity contribution in [3.05, 3.63) is 29.6 Å². The van der Waals surface area contributed by atoms with E-state index in [1.54, 1.807) is 0 Å². The third kappa shape index (κ3) is 3.85. The molecule has 2 rings (SSSR count). The summed E-state index contributed by atoms with van der Waals surface area (Å²) in [7, 11) is 0. The van der Waals surface area contributed by atoms with Crippen molar-refractivity contribution in [2.24, 2.45) is 5.73 Å². The Labute approximate surface area is 128 Å². The lowest BCUT2D eigenvalue weighted by molar-refractivity contribution is 0.559. The maximum atomic E-state index is 5.74. The van der Waals surface area contributed by atoms with Crippen molar-refractivity contribution in [1.29, 1.82) is 0 Å². The lowest BCUT2D eigenvalue weighted by atomic mass is 10.1. The molecule has 0 unspecified atom stereocenters. The molecule has 0 fully saturated rings. The van der Waals surface area contributed by atoms with Crippen LogP contribution in [0.3, 0.4) is 0 Å². The molecule has 0 spiro atoms. The fourth-order valence-corrected chi connectivity index (χ4v) is 2.96. The van der Waals surface area contributed by atoms with E-state index in [-0.39, 0.29) is 0 Å². The fourth-order valence-electron chi connectivity index (χ4n) is 2.96. The van der Waals surface area contributed by atoms with Gasteiger partial charge >= 0.3 is 0 Å². The van der Waals surface area contributed by atoms with Gasteiger partial charge in [-0.1, -0.05) is 38.7 Å². The van der Waals surface area contributed by atoms with Crippen LogP contribution in [0.4, 0.5) is 0 Å². The molecule has 2 N–H and O–H groups in total. The first-order chi connectivity index (χ1) is 10.2. The Bertz CT molecular complexity index is 569. The Morgan fingerprint density at radius 3 is 2.57 bits per heavy atom. The predicted molar refractivity (Wildman–Crippen MR) is 90.5 cm³/mol. The van der Waals surface area contributed by atoms with E-state index >= 15 is 0 Å². The van der Waals surface area contributed by atoms with E-state index in [9.17, 15) is 0 Å². The van der Waals surface area contributed by atoms with Crippen molar-refractivity contribution in [2.45, 2.75) is 71.9 Å². The number of imidazole rings is 1. The number of fused-ring (bicyclic) bond motifs is 1. The van der Waals surface area contributed by atoms with Gasteiger partial charge < -0.3 is 10.3 Å². The minimum absolute atomic E-state index is 0.448. The first-order valence-corrected chi connectivity index (χ1v) is 8.37. The molecule has 0 bridgehead atoms. The van der Waals surface area contributed by atoms with Crippen LogP contribution in [0.15, 0.2) is 18.2 Å². The van der Waals surface area contributed by atoms with Gasteiger partial charge in [-0.3, -0.25) is 0 Å². The number of hydrogen-bond acceptors (Lipinski definition) is 2. The van der Waals surface area contributed by atoms with Gasteiger partial charge in [-0.05, 0) is 38.0 Å². The number of benzene rings is 1. The summed E-state index contributed by atoms with van der Waals surface area (Å²) in [5.41, 5.74) is 9.23. The second-order valence-electron chi connectivity index (χ2n) is 6.18. The molecule has 2 aromatic rings. The van der Waals surface area contributed by atoms with E-state index in [0.717, 1.165) is 17.5 Å². The van der Waals surface area contributed by atoms with E-state index < -0.39 is 0 Å². The Morgan fingerprint density at radius 2 is 1.90 bits per heavy atom. The molecule has 0 aliphatic rings. The van der Waals surface area contributed by atoms with Gasteiger partial charge in [-0.25, -0.2) is 4.98 Å². The van der Waals surface area contributed by atoms with Crippen LogP contribution in [-0.4, -0.2) is 9.55 Å². The van der Waals surface area contributed by atoms with E-state index in [4.69, 9.17) is 10.7 Å². The number of unbranched alkanes of at least 4 members (excludes halogenated alkanes) is 4. The van der Waals surface area contributed by atoms with Gasteiger partial charge in [-0.2, -0.15) is 0 Å². The average Bonchev–Trinajstić information content (AvgIpc) is 2.84. The van der Waals surface area contributed by atoms with Crippen molar-refractivity contribution in [3.63, 3.8) is 0 Å². The second-order valence-corrected chi connectivity index (χ2v) is 6.18. The molecule has 0 saturated carbocycles. The Balaban J connectivity index is 2.19. The highest BCUT2D eigenvalue weighted by Crippen LogP contribution is 2.23. The molecule has 0 saturated heterocycles. The van der Waals surface area contributed by atoms with Crippen LogP contribution in [0.25, 0.3) is 11.0 Å². The quantitative estimate of drug-likeness (QED) is 0.722. The number of rotatable bonds is 8. The molecule has 0 radical (unpaired) electrons. The highest BCUT2D eigenvalue weighted by atomic mass is 15.1. The Kier molecular flexibility index (Phi) is 5.80. The van der Waals surface area contributed by atoms with Crippen LogP contribution in [0.1, 0.15) is 70.3 Å². The summed E-state index contributed by atoms with van der Waals surface area (Å²) >= 11 is 0. The van der Waals surface area contributed by atoms with Crippen molar-refractivity contribution in [2.75, 3.05) is 0 Å². The van der Waals surface area contributed by atoms with Crippen LogP contribution in [0, 0.1) is 0 Å². The highest BCUT2D eigenvalue weighted by molar-refractivity contribution is 5.77. The third-order valence-corrected chi connectivity index (χ3v) is 4.08. The monoisotopic (exact) mass is 287 g/mol. The number of hydrogen-bond donors (Lipinski definition) is 1. The molecule has 3 nitrogen and oxygen atoms in total. The zero-order chi connectivity index (χ0) is 15.2. The van der Waals surface area contributed by atoms with Gasteiger partial charge in [0.15, 0.2) is 0 Å². The fraction of sp³-hybridized carbons (Fsp3) is 0.611. The summed E-state index contributed by atoms with van der Waals surface area (Å²) in [4.78, 5) is 4.87. The molecule has 0 amide bonds. The lowest BCUT2D eigenvalue weighted by Crippen LogP contribution is -2.06. The summed E-state index contributed by atoms with van der Waals surface area (Å²) in [6.45, 7) is 7.31. The number of aromatic nitrogens is 2. The van der Waals surface area contributed by atoms with Crippen LogP contribution >= 0.6 is 0 Å². The summed E-state index contributed by atoms with van der Waals surface area (Å²) in [6, 6.07) is 6.87. The smallest absolute Gasteiger partial charge is 0.110 e. The second kappa shape index (κ2) is 7.60. The maximum Gasteiger partial charge on any atom is 0.110 e. The lowest BCUT2D eigenvalue weighted by Gasteiger charge is -2.13. The van der Waals surface area contributed by atoms with Crippen LogP contribution < -0.4 is 5.73 Å². The minimum atomic E-state index is 0.448. The molecular formula is C18H29N3. The largest absolute Gasteiger partial charge is 0.326 e. The molecule has 1 aromatic carbocycles. The van der Waals surface area contributed by atoms with Crippen LogP contribution in [0.5, 0.6) is 0 Å². The van der Waals surface area contributed by atoms with Gasteiger partial charge in [0.2, 0.25) is 0 Å². The van der Waals surface area contributed by atoms with Crippen molar-refractivity contribution >= 4 is 11.0 Å². The van der Waals surface area contributed by atoms with Gasteiger partial charge in [0.05, 0.1) is 11.0 Å². The van der Waals surface area contributed by atoms with E-state index in [1.165, 1.54) is 43.4 Å². The summed E-state index contributed by atoms with van der Waals surface area (Å²) in [5, 5.41) is 0. The van der Waals surface area contributed by atoms with E-state index in [1.807, 2.05) is 0 Å². The third-order valence-electron chi connectivity index (χ3n) is 4.08. The van der Waals surface area contributed by atoms with Gasteiger partial charge in [0, 0.05) is 19.0 Å². The minimum Gasteiger partial charge on any atom is -0.326 e. The molecule has 1 heterocycles. The molecule has 116 valence electrons. The van der Waals surface area contributed by atoms with Crippen molar-refractivity contribution < 1.29 is 0 Å². The molecule has 21 heavy (non-hydrogen) atoms. The zero-order valence-electron chi connectivity index (χ0n) is 13.7. The molecule has 0 aliphatic heterocycles. The Hall–Kier alpha value is -1.35. The topological polar surface area (TPSA) is 43.8 Å². The van der Waals surface area contributed by atoms with Gasteiger partial charge in [0.1, 0.15) is 5.82 Å². The SMILES string of the molecule is CCCCCCCc1nc2cc(CN)ccc2n1C(C)C. The zero-order valence-corrected chi connectivity index (χ0v) is 13.7. The first kappa shape index (κ1) is 16.0.